The number of allylic oxidation sites excluding steroid dienone is 1. The summed E-state index contributed by atoms with van der Waals surface area (Å²) in [4.78, 5) is 11.9. The molecule has 0 saturated carbocycles. The zero-order chi connectivity index (χ0) is 14.4. The first-order valence-corrected chi connectivity index (χ1v) is 7.36. The summed E-state index contributed by atoms with van der Waals surface area (Å²) in [6.07, 6.45) is 9.22. The smallest absolute Gasteiger partial charge is 0.412 e. The Morgan fingerprint density at radius 3 is 2.65 bits per heavy atom. The number of anilines is 1. The molecule has 1 amide bonds. The minimum absolute atomic E-state index is 0.0961. The average molecular weight is 273 g/mol. The second-order valence-electron chi connectivity index (χ2n) is 5.51. The fraction of sp³-hybridized carbons (Fsp3) is 0.471. The minimum atomic E-state index is -0.370. The van der Waals surface area contributed by atoms with E-state index in [0.29, 0.717) is 0 Å². The van der Waals surface area contributed by atoms with Crippen LogP contribution in [0.2, 0.25) is 0 Å². The van der Waals surface area contributed by atoms with Crippen molar-refractivity contribution in [2.45, 2.75) is 52.1 Å². The predicted molar refractivity (Wildman–Crippen MR) is 82.0 cm³/mol. The molecule has 1 aliphatic rings. The van der Waals surface area contributed by atoms with Gasteiger partial charge in [-0.3, -0.25) is 5.32 Å². The number of ether oxygens (including phenoxy) is 1. The Morgan fingerprint density at radius 1 is 1.15 bits per heavy atom. The van der Waals surface area contributed by atoms with E-state index in [1.807, 2.05) is 32.1 Å². The maximum absolute atomic E-state index is 11.9. The highest BCUT2D eigenvalue weighted by atomic mass is 16.6. The lowest BCUT2D eigenvalue weighted by Gasteiger charge is -2.17. The lowest BCUT2D eigenvalue weighted by molar-refractivity contribution is 0.127. The fourth-order valence-corrected chi connectivity index (χ4v) is 2.56. The maximum atomic E-state index is 11.9. The van der Waals surface area contributed by atoms with Gasteiger partial charge in [-0.15, -0.1) is 0 Å². The Kier molecular flexibility index (Phi) is 5.22. The van der Waals surface area contributed by atoms with Gasteiger partial charge in [0.15, 0.2) is 0 Å². The number of carbonyl (C=O) groups excluding carboxylic acids is 1. The number of benzene rings is 1. The summed E-state index contributed by atoms with van der Waals surface area (Å²) in [7, 11) is 0. The summed E-state index contributed by atoms with van der Waals surface area (Å²) in [5, 5.41) is 2.81. The van der Waals surface area contributed by atoms with Gasteiger partial charge in [-0.1, -0.05) is 18.6 Å². The molecule has 1 aromatic rings. The van der Waals surface area contributed by atoms with Crippen LogP contribution < -0.4 is 5.32 Å². The third kappa shape index (κ3) is 4.72. The Labute approximate surface area is 121 Å². The summed E-state index contributed by atoms with van der Waals surface area (Å²) in [6, 6.07) is 5.97. The second kappa shape index (κ2) is 7.13. The topological polar surface area (TPSA) is 38.3 Å². The molecule has 2 rings (SSSR count). The van der Waals surface area contributed by atoms with Crippen LogP contribution in [0.25, 0.3) is 0 Å². The SMILES string of the molecule is Cc1cc(C)cc(NC(=O)OC2C=CCCCCC2)c1. The maximum Gasteiger partial charge on any atom is 0.412 e. The molecule has 1 unspecified atom stereocenters. The summed E-state index contributed by atoms with van der Waals surface area (Å²) < 4.78 is 5.47. The van der Waals surface area contributed by atoms with Crippen LogP contribution in [0.1, 0.15) is 43.2 Å². The molecule has 0 aliphatic heterocycles. The fourth-order valence-electron chi connectivity index (χ4n) is 2.56. The molecule has 0 fully saturated rings. The highest BCUT2D eigenvalue weighted by molar-refractivity contribution is 5.85. The van der Waals surface area contributed by atoms with Gasteiger partial charge in [-0.25, -0.2) is 4.79 Å². The molecule has 3 nitrogen and oxygen atoms in total. The van der Waals surface area contributed by atoms with Gasteiger partial charge in [-0.05, 0) is 68.9 Å². The first-order valence-electron chi connectivity index (χ1n) is 7.36. The molecular formula is C17H23NO2. The van der Waals surface area contributed by atoms with Gasteiger partial charge >= 0.3 is 6.09 Å². The molecular weight excluding hydrogens is 250 g/mol. The van der Waals surface area contributed by atoms with E-state index >= 15 is 0 Å². The lowest BCUT2D eigenvalue weighted by Crippen LogP contribution is -2.21. The first-order chi connectivity index (χ1) is 9.63. The number of carbonyl (C=O) groups is 1. The van der Waals surface area contributed by atoms with E-state index in [2.05, 4.69) is 17.5 Å². The van der Waals surface area contributed by atoms with Crippen molar-refractivity contribution < 1.29 is 9.53 Å². The second-order valence-corrected chi connectivity index (χ2v) is 5.51. The average Bonchev–Trinajstić information content (AvgIpc) is 2.31. The number of rotatable bonds is 2. The molecule has 0 radical (unpaired) electrons. The van der Waals surface area contributed by atoms with E-state index in [-0.39, 0.29) is 12.2 Å². The van der Waals surface area contributed by atoms with E-state index in [1.54, 1.807) is 0 Å². The van der Waals surface area contributed by atoms with Crippen LogP contribution in [0.4, 0.5) is 10.5 Å². The van der Waals surface area contributed by atoms with Crippen LogP contribution in [0.15, 0.2) is 30.4 Å². The molecule has 108 valence electrons. The monoisotopic (exact) mass is 273 g/mol. The molecule has 20 heavy (non-hydrogen) atoms. The Morgan fingerprint density at radius 2 is 1.90 bits per heavy atom. The molecule has 0 saturated heterocycles. The quantitative estimate of drug-likeness (QED) is 0.790. The van der Waals surface area contributed by atoms with Crippen molar-refractivity contribution in [2.24, 2.45) is 0 Å². The summed E-state index contributed by atoms with van der Waals surface area (Å²) in [5.74, 6) is 0. The van der Waals surface area contributed by atoms with Crippen molar-refractivity contribution in [1.29, 1.82) is 0 Å². The molecule has 1 atom stereocenters. The Hall–Kier alpha value is -1.77. The predicted octanol–water partition coefficient (Wildman–Crippen LogP) is 4.74. The molecule has 1 N–H and O–H groups in total. The van der Waals surface area contributed by atoms with Gasteiger partial charge in [-0.2, -0.15) is 0 Å². The normalized spacial score (nSPS) is 19.0. The first kappa shape index (κ1) is 14.6. The third-order valence-corrected chi connectivity index (χ3v) is 3.44. The van der Waals surface area contributed by atoms with Crippen molar-refractivity contribution in [2.75, 3.05) is 5.32 Å². The van der Waals surface area contributed by atoms with Gasteiger partial charge in [0.2, 0.25) is 0 Å². The third-order valence-electron chi connectivity index (χ3n) is 3.44. The van der Waals surface area contributed by atoms with Crippen molar-refractivity contribution >= 4 is 11.8 Å². The number of hydrogen-bond donors (Lipinski definition) is 1. The number of nitrogens with one attached hydrogen (secondary N) is 1. The molecule has 0 aromatic heterocycles. The summed E-state index contributed by atoms with van der Waals surface area (Å²) in [6.45, 7) is 4.03. The molecule has 3 heteroatoms. The highest BCUT2D eigenvalue weighted by Gasteiger charge is 2.12. The zero-order valence-electron chi connectivity index (χ0n) is 12.3. The van der Waals surface area contributed by atoms with Crippen LogP contribution in [0.5, 0.6) is 0 Å². The van der Waals surface area contributed by atoms with Crippen LogP contribution >= 0.6 is 0 Å². The summed E-state index contributed by atoms with van der Waals surface area (Å²) in [5.41, 5.74) is 3.06. The van der Waals surface area contributed by atoms with Gasteiger partial charge in [0, 0.05) is 5.69 Å². The lowest BCUT2D eigenvalue weighted by atomic mass is 10.0. The molecule has 1 aliphatic carbocycles. The molecule has 0 bridgehead atoms. The standard InChI is InChI=1S/C17H23NO2/c1-13-10-14(2)12-15(11-13)18-17(19)20-16-8-6-4-3-5-7-9-16/h6,8,10-12,16H,3-5,7,9H2,1-2H3,(H,18,19). The Bertz CT molecular complexity index is 474. The Balaban J connectivity index is 1.92. The van der Waals surface area contributed by atoms with Crippen molar-refractivity contribution in [3.05, 3.63) is 41.5 Å². The van der Waals surface area contributed by atoms with Crippen molar-refractivity contribution in [3.8, 4) is 0 Å². The number of hydrogen-bond acceptors (Lipinski definition) is 2. The van der Waals surface area contributed by atoms with Crippen LogP contribution in [0.3, 0.4) is 0 Å². The number of aryl methyl sites for hydroxylation is 2. The van der Waals surface area contributed by atoms with Gasteiger partial charge in [0.1, 0.15) is 6.10 Å². The van der Waals surface area contributed by atoms with E-state index < -0.39 is 0 Å². The minimum Gasteiger partial charge on any atom is -0.442 e. The molecule has 0 heterocycles. The summed E-state index contributed by atoms with van der Waals surface area (Å²) >= 11 is 0. The van der Waals surface area contributed by atoms with Crippen molar-refractivity contribution in [3.63, 3.8) is 0 Å². The van der Waals surface area contributed by atoms with E-state index in [0.717, 1.165) is 36.1 Å². The van der Waals surface area contributed by atoms with Gasteiger partial charge < -0.3 is 4.74 Å². The van der Waals surface area contributed by atoms with Crippen LogP contribution in [0, 0.1) is 13.8 Å². The molecule has 0 spiro atoms. The van der Waals surface area contributed by atoms with E-state index in [9.17, 15) is 4.79 Å². The van der Waals surface area contributed by atoms with E-state index in [1.165, 1.54) is 12.8 Å². The largest absolute Gasteiger partial charge is 0.442 e. The van der Waals surface area contributed by atoms with Crippen LogP contribution in [-0.4, -0.2) is 12.2 Å². The zero-order valence-corrected chi connectivity index (χ0v) is 12.3. The van der Waals surface area contributed by atoms with Gasteiger partial charge in [0.05, 0.1) is 0 Å². The van der Waals surface area contributed by atoms with Gasteiger partial charge in [0.25, 0.3) is 0 Å². The highest BCUT2D eigenvalue weighted by Crippen LogP contribution is 2.17. The van der Waals surface area contributed by atoms with E-state index in [4.69, 9.17) is 4.74 Å². The number of amides is 1. The van der Waals surface area contributed by atoms with Crippen LogP contribution in [-0.2, 0) is 4.74 Å². The molecule has 1 aromatic carbocycles. The van der Waals surface area contributed by atoms with Crippen molar-refractivity contribution in [1.82, 2.24) is 0 Å².